The van der Waals surface area contributed by atoms with Gasteiger partial charge < -0.3 is 5.32 Å². The fourth-order valence-corrected chi connectivity index (χ4v) is 2.34. The zero-order valence-electron chi connectivity index (χ0n) is 14.3. The van der Waals surface area contributed by atoms with E-state index in [9.17, 15) is 18.0 Å². The fourth-order valence-electron chi connectivity index (χ4n) is 2.34. The van der Waals surface area contributed by atoms with Gasteiger partial charge in [-0.2, -0.15) is 18.3 Å². The molecule has 3 aromatic rings. The Balaban J connectivity index is 2.05. The molecule has 0 unspecified atom stereocenters. The molecule has 0 atom stereocenters. The number of hydrogen-bond acceptors (Lipinski definition) is 4. The summed E-state index contributed by atoms with van der Waals surface area (Å²) in [7, 11) is 0. The Bertz CT molecular complexity index is 964. The number of pyridine rings is 1. The number of alkyl halides is 3. The predicted octanol–water partition coefficient (Wildman–Crippen LogP) is 3.17. The van der Waals surface area contributed by atoms with Crippen LogP contribution in [0.4, 0.5) is 13.2 Å². The number of aryl methyl sites for hydroxylation is 1. The van der Waals surface area contributed by atoms with Crippen molar-refractivity contribution in [3.05, 3.63) is 47.9 Å². The van der Waals surface area contributed by atoms with E-state index in [0.717, 1.165) is 13.8 Å². The van der Waals surface area contributed by atoms with E-state index >= 15 is 0 Å². The fraction of sp³-hybridized carbons (Fsp3) is 0.294. The first-order valence-electron chi connectivity index (χ1n) is 7.76. The number of nitrogens with zero attached hydrogens (tertiary/aromatic N) is 4. The monoisotopic (exact) mass is 363 g/mol. The third-order valence-corrected chi connectivity index (χ3v) is 3.96. The molecule has 0 spiro atoms. The van der Waals surface area contributed by atoms with Crippen LogP contribution in [-0.2, 0) is 0 Å². The number of carbonyl (C=O) groups is 1. The molecule has 0 saturated carbocycles. The lowest BCUT2D eigenvalue weighted by molar-refractivity contribution is -0.182. The molecule has 0 aromatic carbocycles. The van der Waals surface area contributed by atoms with Gasteiger partial charge in [0.25, 0.3) is 5.91 Å². The lowest BCUT2D eigenvalue weighted by atomic mass is 10.0. The van der Waals surface area contributed by atoms with Crippen molar-refractivity contribution in [1.29, 1.82) is 0 Å². The average Bonchev–Trinajstić information content (AvgIpc) is 2.99. The van der Waals surface area contributed by atoms with E-state index in [1.165, 1.54) is 10.7 Å². The van der Waals surface area contributed by atoms with Gasteiger partial charge in [0.05, 0.1) is 17.6 Å². The van der Waals surface area contributed by atoms with Crippen molar-refractivity contribution in [1.82, 2.24) is 24.9 Å². The molecule has 0 bridgehead atoms. The van der Waals surface area contributed by atoms with Gasteiger partial charge in [0, 0.05) is 11.9 Å². The number of fused-ring (bicyclic) bond motifs is 1. The van der Waals surface area contributed by atoms with Crippen LogP contribution >= 0.6 is 0 Å². The van der Waals surface area contributed by atoms with Gasteiger partial charge in [-0.1, -0.05) is 6.07 Å². The summed E-state index contributed by atoms with van der Waals surface area (Å²) in [5.41, 5.74) is -0.498. The van der Waals surface area contributed by atoms with E-state index in [1.54, 1.807) is 37.4 Å². The summed E-state index contributed by atoms with van der Waals surface area (Å²) in [6.07, 6.45) is -1.78. The number of amides is 1. The minimum atomic E-state index is -4.59. The number of halogens is 3. The summed E-state index contributed by atoms with van der Waals surface area (Å²) in [5.74, 6) is -0.896. The molecular formula is C17H16F3N5O. The first-order valence-corrected chi connectivity index (χ1v) is 7.76. The zero-order chi connectivity index (χ0) is 19.1. The average molecular weight is 363 g/mol. The van der Waals surface area contributed by atoms with E-state index in [0.29, 0.717) is 17.1 Å². The second-order valence-electron chi connectivity index (χ2n) is 6.37. The largest absolute Gasteiger partial charge is 0.410 e. The van der Waals surface area contributed by atoms with Crippen LogP contribution in [-0.4, -0.2) is 37.2 Å². The highest BCUT2D eigenvalue weighted by atomic mass is 19.4. The van der Waals surface area contributed by atoms with Gasteiger partial charge in [-0.3, -0.25) is 9.78 Å². The molecule has 26 heavy (non-hydrogen) atoms. The Kier molecular flexibility index (Phi) is 4.17. The standard InChI is InChI=1S/C17H16F3N5O/c1-10-8-13(12-6-4-5-7-21-12)23-14-11(9-22-25(10)14)15(26)24-16(2,3)17(18,19)20/h4-9H,1-3H3,(H,24,26). The Labute approximate surface area is 147 Å². The molecule has 3 heterocycles. The van der Waals surface area contributed by atoms with Gasteiger partial charge in [0.2, 0.25) is 0 Å². The molecule has 1 N–H and O–H groups in total. The van der Waals surface area contributed by atoms with Gasteiger partial charge >= 0.3 is 6.18 Å². The molecule has 0 aliphatic carbocycles. The molecule has 0 aliphatic rings. The molecule has 9 heteroatoms. The maximum atomic E-state index is 13.0. The minimum absolute atomic E-state index is 0.0387. The number of hydrogen-bond donors (Lipinski definition) is 1. The number of nitrogens with one attached hydrogen (secondary N) is 1. The first-order chi connectivity index (χ1) is 12.1. The Hall–Kier alpha value is -2.97. The summed E-state index contributed by atoms with van der Waals surface area (Å²) in [6, 6.07) is 7.04. The smallest absolute Gasteiger partial charge is 0.338 e. The van der Waals surface area contributed by atoms with Crippen molar-refractivity contribution in [3.63, 3.8) is 0 Å². The third kappa shape index (κ3) is 3.12. The van der Waals surface area contributed by atoms with Crippen LogP contribution in [0, 0.1) is 6.92 Å². The lowest BCUT2D eigenvalue weighted by Gasteiger charge is -2.28. The van der Waals surface area contributed by atoms with Crippen LogP contribution < -0.4 is 5.32 Å². The van der Waals surface area contributed by atoms with Crippen LogP contribution in [0.3, 0.4) is 0 Å². The van der Waals surface area contributed by atoms with Gasteiger partial charge in [-0.05, 0) is 39.0 Å². The summed E-state index contributed by atoms with van der Waals surface area (Å²) in [5, 5.41) is 6.05. The highest BCUT2D eigenvalue weighted by Crippen LogP contribution is 2.30. The van der Waals surface area contributed by atoms with E-state index in [2.05, 4.69) is 15.1 Å². The van der Waals surface area contributed by atoms with Gasteiger partial charge in [-0.25, -0.2) is 9.50 Å². The number of carbonyl (C=O) groups excluding carboxylic acids is 1. The third-order valence-electron chi connectivity index (χ3n) is 3.96. The number of aromatic nitrogens is 4. The van der Waals surface area contributed by atoms with Crippen molar-refractivity contribution < 1.29 is 18.0 Å². The van der Waals surface area contributed by atoms with Crippen molar-refractivity contribution in [2.75, 3.05) is 0 Å². The molecule has 3 aromatic heterocycles. The molecule has 0 saturated heterocycles. The van der Waals surface area contributed by atoms with E-state index in [-0.39, 0.29) is 11.2 Å². The summed E-state index contributed by atoms with van der Waals surface area (Å²) in [4.78, 5) is 21.0. The molecular weight excluding hydrogens is 347 g/mol. The first kappa shape index (κ1) is 17.8. The minimum Gasteiger partial charge on any atom is -0.338 e. The lowest BCUT2D eigenvalue weighted by Crippen LogP contribution is -2.54. The highest BCUT2D eigenvalue weighted by molar-refractivity contribution is 6.00. The van der Waals surface area contributed by atoms with Crippen LogP contribution in [0.1, 0.15) is 29.9 Å². The maximum Gasteiger partial charge on any atom is 0.410 e. The van der Waals surface area contributed by atoms with E-state index in [4.69, 9.17) is 0 Å². The Morgan fingerprint density at radius 3 is 2.54 bits per heavy atom. The molecule has 6 nitrogen and oxygen atoms in total. The van der Waals surface area contributed by atoms with Crippen molar-refractivity contribution in [2.45, 2.75) is 32.5 Å². The molecule has 1 amide bonds. The SMILES string of the molecule is Cc1cc(-c2ccccn2)nc2c(C(=O)NC(C)(C)C(F)(F)F)cnn12. The van der Waals surface area contributed by atoms with Crippen LogP contribution in [0.2, 0.25) is 0 Å². The molecule has 136 valence electrons. The highest BCUT2D eigenvalue weighted by Gasteiger charge is 2.48. The van der Waals surface area contributed by atoms with Crippen LogP contribution in [0.15, 0.2) is 36.7 Å². The molecule has 0 aliphatic heterocycles. The molecule has 0 radical (unpaired) electrons. The Morgan fingerprint density at radius 2 is 1.92 bits per heavy atom. The Morgan fingerprint density at radius 1 is 1.19 bits per heavy atom. The second kappa shape index (κ2) is 6.08. The van der Waals surface area contributed by atoms with Crippen molar-refractivity contribution in [3.8, 4) is 11.4 Å². The summed E-state index contributed by atoms with van der Waals surface area (Å²) < 4.78 is 40.5. The second-order valence-corrected chi connectivity index (χ2v) is 6.37. The summed E-state index contributed by atoms with van der Waals surface area (Å²) in [6.45, 7) is 3.55. The van der Waals surface area contributed by atoms with Gasteiger partial charge in [-0.15, -0.1) is 0 Å². The van der Waals surface area contributed by atoms with Crippen LogP contribution in [0.25, 0.3) is 17.0 Å². The molecule has 0 fully saturated rings. The van der Waals surface area contributed by atoms with E-state index < -0.39 is 17.6 Å². The topological polar surface area (TPSA) is 72.2 Å². The zero-order valence-corrected chi connectivity index (χ0v) is 14.3. The molecule has 3 rings (SSSR count). The van der Waals surface area contributed by atoms with Gasteiger partial charge in [0.15, 0.2) is 5.65 Å². The predicted molar refractivity (Wildman–Crippen MR) is 88.6 cm³/mol. The van der Waals surface area contributed by atoms with Gasteiger partial charge in [0.1, 0.15) is 11.1 Å². The quantitative estimate of drug-likeness (QED) is 0.776. The maximum absolute atomic E-state index is 13.0. The van der Waals surface area contributed by atoms with Crippen molar-refractivity contribution >= 4 is 11.6 Å². The summed E-state index contributed by atoms with van der Waals surface area (Å²) >= 11 is 0. The number of rotatable bonds is 3. The van der Waals surface area contributed by atoms with Crippen LogP contribution in [0.5, 0.6) is 0 Å². The normalized spacial score (nSPS) is 12.4. The van der Waals surface area contributed by atoms with E-state index in [1.807, 2.05) is 5.32 Å². The van der Waals surface area contributed by atoms with Crippen molar-refractivity contribution in [2.24, 2.45) is 0 Å².